The van der Waals surface area contributed by atoms with Crippen LogP contribution in [0.15, 0.2) is 18.2 Å². The molecule has 0 aromatic heterocycles. The minimum absolute atomic E-state index is 0.334. The molecule has 1 aromatic rings. The first-order valence-corrected chi connectivity index (χ1v) is 7.33. The van der Waals surface area contributed by atoms with Crippen molar-refractivity contribution in [3.05, 3.63) is 29.3 Å². The number of carbonyl (C=O) groups excluding carboxylic acids is 2. The van der Waals surface area contributed by atoms with Crippen LogP contribution in [0.1, 0.15) is 24.5 Å². The third-order valence-corrected chi connectivity index (χ3v) is 4.81. The van der Waals surface area contributed by atoms with E-state index in [2.05, 4.69) is 5.32 Å². The summed E-state index contributed by atoms with van der Waals surface area (Å²) < 4.78 is 3.90. The molecule has 1 amide bonds. The third-order valence-electron chi connectivity index (χ3n) is 3.71. The summed E-state index contributed by atoms with van der Waals surface area (Å²) in [6, 6.07) is 5.73. The second-order valence-electron chi connectivity index (χ2n) is 5.66. The molecule has 0 unspecified atom stereocenters. The molecule has 2 rings (SSSR count). The summed E-state index contributed by atoms with van der Waals surface area (Å²) in [6.07, 6.45) is 0.334. The molecule has 1 saturated carbocycles. The first-order valence-electron chi connectivity index (χ1n) is 6.58. The summed E-state index contributed by atoms with van der Waals surface area (Å²) in [7, 11) is 0. The summed E-state index contributed by atoms with van der Waals surface area (Å²) >= 11 is 11.8. The monoisotopic (exact) mass is 329 g/mol. The Bertz CT molecular complexity index is 601. The SMILES string of the molecule is Cc1ccc(C)c(NC(=O)COC(=O)[C@@]2(C)CC2(Cl)Cl)c1. The number of halogens is 2. The highest BCUT2D eigenvalue weighted by Gasteiger charge is 2.69. The number of rotatable bonds is 4. The fourth-order valence-corrected chi connectivity index (χ4v) is 2.66. The number of aryl methyl sites for hydroxylation is 2. The first-order chi connectivity index (χ1) is 9.65. The molecule has 0 heterocycles. The molecule has 0 spiro atoms. The number of nitrogens with one attached hydrogen (secondary N) is 1. The maximum atomic E-state index is 11.8. The normalized spacial score (nSPS) is 22.5. The van der Waals surface area contributed by atoms with Crippen molar-refractivity contribution in [1.82, 2.24) is 0 Å². The van der Waals surface area contributed by atoms with Crippen molar-refractivity contribution < 1.29 is 14.3 Å². The molecule has 6 heteroatoms. The smallest absolute Gasteiger partial charge is 0.315 e. The van der Waals surface area contributed by atoms with Crippen LogP contribution in [0.2, 0.25) is 0 Å². The van der Waals surface area contributed by atoms with Crippen molar-refractivity contribution >= 4 is 40.8 Å². The van der Waals surface area contributed by atoms with Crippen LogP contribution in [0.3, 0.4) is 0 Å². The van der Waals surface area contributed by atoms with Gasteiger partial charge in [-0.1, -0.05) is 12.1 Å². The second-order valence-corrected chi connectivity index (χ2v) is 7.14. The van der Waals surface area contributed by atoms with Crippen LogP contribution in [-0.2, 0) is 14.3 Å². The Labute approximate surface area is 133 Å². The zero-order valence-corrected chi connectivity index (χ0v) is 13.6. The van der Waals surface area contributed by atoms with Gasteiger partial charge in [0.25, 0.3) is 5.91 Å². The molecule has 0 bridgehead atoms. The molecule has 1 aliphatic carbocycles. The van der Waals surface area contributed by atoms with Crippen LogP contribution in [0, 0.1) is 19.3 Å². The number of benzene rings is 1. The molecule has 0 radical (unpaired) electrons. The van der Waals surface area contributed by atoms with E-state index < -0.39 is 21.6 Å². The fourth-order valence-electron chi connectivity index (χ4n) is 1.97. The van der Waals surface area contributed by atoms with Crippen LogP contribution in [-0.4, -0.2) is 22.8 Å². The van der Waals surface area contributed by atoms with Crippen molar-refractivity contribution in [2.24, 2.45) is 5.41 Å². The molecule has 0 aliphatic heterocycles. The van der Waals surface area contributed by atoms with E-state index in [4.69, 9.17) is 27.9 Å². The number of hydrogen-bond donors (Lipinski definition) is 1. The minimum Gasteiger partial charge on any atom is -0.455 e. The van der Waals surface area contributed by atoms with Gasteiger partial charge in [0.15, 0.2) is 6.61 Å². The molecule has 1 aliphatic rings. The van der Waals surface area contributed by atoms with Crippen molar-refractivity contribution in [1.29, 1.82) is 0 Å². The van der Waals surface area contributed by atoms with Gasteiger partial charge in [-0.15, -0.1) is 23.2 Å². The molecule has 1 fully saturated rings. The highest BCUT2D eigenvalue weighted by Crippen LogP contribution is 2.64. The lowest BCUT2D eigenvalue weighted by atomic mass is 10.1. The van der Waals surface area contributed by atoms with Crippen LogP contribution in [0.25, 0.3) is 0 Å². The van der Waals surface area contributed by atoms with Crippen LogP contribution >= 0.6 is 23.2 Å². The van der Waals surface area contributed by atoms with Crippen LogP contribution < -0.4 is 5.32 Å². The van der Waals surface area contributed by atoms with Crippen molar-refractivity contribution in [2.45, 2.75) is 31.5 Å². The lowest BCUT2D eigenvalue weighted by Gasteiger charge is -2.13. The molecule has 4 nitrogen and oxygen atoms in total. The van der Waals surface area contributed by atoms with E-state index in [9.17, 15) is 9.59 Å². The summed E-state index contributed by atoms with van der Waals surface area (Å²) in [6.45, 7) is 5.09. The van der Waals surface area contributed by atoms with Gasteiger partial charge < -0.3 is 10.1 Å². The highest BCUT2D eigenvalue weighted by molar-refractivity contribution is 6.53. The predicted octanol–water partition coefficient (Wildman–Crippen LogP) is 3.37. The van der Waals surface area contributed by atoms with Crippen molar-refractivity contribution in [2.75, 3.05) is 11.9 Å². The molecular weight excluding hydrogens is 313 g/mol. The van der Waals surface area contributed by atoms with Gasteiger partial charge in [-0.2, -0.15) is 0 Å². The Balaban J connectivity index is 1.89. The summed E-state index contributed by atoms with van der Waals surface area (Å²) in [4.78, 5) is 23.7. The summed E-state index contributed by atoms with van der Waals surface area (Å²) in [5.41, 5.74) is 1.76. The zero-order chi connectivity index (χ0) is 15.8. The lowest BCUT2D eigenvalue weighted by Crippen LogP contribution is -2.27. The molecule has 114 valence electrons. The van der Waals surface area contributed by atoms with Crippen LogP contribution in [0.5, 0.6) is 0 Å². The maximum Gasteiger partial charge on any atom is 0.315 e. The van der Waals surface area contributed by atoms with Gasteiger partial charge in [-0.3, -0.25) is 9.59 Å². The number of carbonyl (C=O) groups is 2. The maximum absolute atomic E-state index is 11.8. The highest BCUT2D eigenvalue weighted by atomic mass is 35.5. The Morgan fingerprint density at radius 1 is 1.33 bits per heavy atom. The van der Waals surface area contributed by atoms with Gasteiger partial charge in [0.05, 0.1) is 0 Å². The van der Waals surface area contributed by atoms with E-state index in [1.54, 1.807) is 6.92 Å². The second kappa shape index (κ2) is 5.50. The van der Waals surface area contributed by atoms with Crippen molar-refractivity contribution in [3.63, 3.8) is 0 Å². The molecule has 1 atom stereocenters. The summed E-state index contributed by atoms with van der Waals surface area (Å²) in [5, 5.41) is 2.72. The van der Waals surface area contributed by atoms with Gasteiger partial charge in [0.2, 0.25) is 0 Å². The largest absolute Gasteiger partial charge is 0.455 e. The Hall–Kier alpha value is -1.26. The van der Waals surface area contributed by atoms with E-state index in [0.717, 1.165) is 11.1 Å². The molecule has 1 aromatic carbocycles. The number of anilines is 1. The average molecular weight is 330 g/mol. The average Bonchev–Trinajstić information content (AvgIpc) is 2.91. The van der Waals surface area contributed by atoms with E-state index in [1.165, 1.54) is 0 Å². The molecule has 21 heavy (non-hydrogen) atoms. The van der Waals surface area contributed by atoms with Crippen LogP contribution in [0.4, 0.5) is 5.69 Å². The van der Waals surface area contributed by atoms with Gasteiger partial charge in [-0.05, 0) is 38.0 Å². The number of alkyl halides is 2. The van der Waals surface area contributed by atoms with Gasteiger partial charge >= 0.3 is 5.97 Å². The van der Waals surface area contributed by atoms with E-state index in [0.29, 0.717) is 12.1 Å². The minimum atomic E-state index is -1.09. The number of ether oxygens (including phenoxy) is 1. The molecular formula is C15H17Cl2NO3. The van der Waals surface area contributed by atoms with Crippen molar-refractivity contribution in [3.8, 4) is 0 Å². The first kappa shape index (κ1) is 16.1. The predicted molar refractivity (Wildman–Crippen MR) is 82.7 cm³/mol. The van der Waals surface area contributed by atoms with E-state index in [1.807, 2.05) is 32.0 Å². The Morgan fingerprint density at radius 3 is 2.52 bits per heavy atom. The van der Waals surface area contributed by atoms with E-state index in [-0.39, 0.29) is 6.61 Å². The Kier molecular flexibility index (Phi) is 4.22. The number of amides is 1. The van der Waals surface area contributed by atoms with Gasteiger partial charge in [-0.25, -0.2) is 0 Å². The van der Waals surface area contributed by atoms with Gasteiger partial charge in [0.1, 0.15) is 9.75 Å². The number of esters is 1. The molecule has 0 saturated heterocycles. The number of hydrogen-bond acceptors (Lipinski definition) is 3. The lowest BCUT2D eigenvalue weighted by molar-refractivity contribution is -0.152. The standard InChI is InChI=1S/C15H17Cl2NO3/c1-9-4-5-10(2)11(6-9)18-12(19)7-21-13(20)14(3)8-15(14,16)17/h4-6H,7-8H2,1-3H3,(H,18,19)/t14-/m1/s1. The quantitative estimate of drug-likeness (QED) is 0.680. The van der Waals surface area contributed by atoms with E-state index >= 15 is 0 Å². The Morgan fingerprint density at radius 2 is 1.95 bits per heavy atom. The topological polar surface area (TPSA) is 55.4 Å². The third kappa shape index (κ3) is 3.33. The molecule has 1 N–H and O–H groups in total. The van der Waals surface area contributed by atoms with Gasteiger partial charge in [0, 0.05) is 12.1 Å². The zero-order valence-electron chi connectivity index (χ0n) is 12.1. The fraction of sp³-hybridized carbons (Fsp3) is 0.467. The summed E-state index contributed by atoms with van der Waals surface area (Å²) in [5.74, 6) is -0.945.